The topological polar surface area (TPSA) is 68.5 Å². The van der Waals surface area contributed by atoms with Gasteiger partial charge in [-0.2, -0.15) is 0 Å². The highest BCUT2D eigenvalue weighted by Crippen LogP contribution is 2.19. The summed E-state index contributed by atoms with van der Waals surface area (Å²) < 4.78 is 19.7. The van der Waals surface area contributed by atoms with Crippen LogP contribution in [0.2, 0.25) is 0 Å². The van der Waals surface area contributed by atoms with Crippen LogP contribution in [0.3, 0.4) is 0 Å². The molecular weight excluding hydrogens is 325 g/mol. The van der Waals surface area contributed by atoms with E-state index in [4.69, 9.17) is 4.74 Å². The number of carbonyl (C=O) groups is 1. The van der Waals surface area contributed by atoms with Crippen LogP contribution >= 0.6 is 0 Å². The van der Waals surface area contributed by atoms with Crippen LogP contribution in [0.15, 0.2) is 53.5 Å². The fourth-order valence-corrected chi connectivity index (χ4v) is 2.66. The van der Waals surface area contributed by atoms with Crippen LogP contribution in [-0.2, 0) is 11.3 Å². The van der Waals surface area contributed by atoms with E-state index in [9.17, 15) is 19.1 Å². The molecule has 0 amide bonds. The molecule has 0 saturated heterocycles. The van der Waals surface area contributed by atoms with Crippen molar-refractivity contribution in [2.75, 3.05) is 6.61 Å². The van der Waals surface area contributed by atoms with E-state index in [0.29, 0.717) is 12.1 Å². The Labute approximate surface area is 142 Å². The number of aromatic nitrogens is 1. The summed E-state index contributed by atoms with van der Waals surface area (Å²) in [5.41, 5.74) is 0.746. The van der Waals surface area contributed by atoms with E-state index in [-0.39, 0.29) is 29.1 Å². The van der Waals surface area contributed by atoms with E-state index in [1.807, 2.05) is 0 Å². The van der Waals surface area contributed by atoms with Gasteiger partial charge in [-0.25, -0.2) is 9.18 Å². The van der Waals surface area contributed by atoms with Crippen molar-refractivity contribution in [2.24, 2.45) is 0 Å². The van der Waals surface area contributed by atoms with Crippen LogP contribution in [0.4, 0.5) is 4.39 Å². The molecule has 0 aliphatic carbocycles. The zero-order valence-electron chi connectivity index (χ0n) is 13.5. The molecule has 0 spiro atoms. The minimum atomic E-state index is -0.717. The zero-order chi connectivity index (χ0) is 18.0. The van der Waals surface area contributed by atoms with Gasteiger partial charge in [0.25, 0.3) is 0 Å². The minimum Gasteiger partial charge on any atom is -0.508 e. The Morgan fingerprint density at radius 2 is 1.92 bits per heavy atom. The first-order valence-electron chi connectivity index (χ1n) is 7.77. The minimum absolute atomic E-state index is 0.0704. The van der Waals surface area contributed by atoms with Crippen LogP contribution in [-0.4, -0.2) is 22.2 Å². The van der Waals surface area contributed by atoms with Crippen LogP contribution in [0.5, 0.6) is 5.75 Å². The number of phenols is 1. The Bertz CT molecular complexity index is 993. The summed E-state index contributed by atoms with van der Waals surface area (Å²) in [6.45, 7) is 2.13. The highest BCUT2D eigenvalue weighted by molar-refractivity contribution is 5.94. The van der Waals surface area contributed by atoms with Crippen LogP contribution in [0.25, 0.3) is 10.9 Å². The molecular formula is C19H16FNO4. The molecule has 0 fully saturated rings. The average Bonchev–Trinajstić information content (AvgIpc) is 2.59. The maximum absolute atomic E-state index is 13.1. The van der Waals surface area contributed by atoms with Gasteiger partial charge in [0.15, 0.2) is 0 Å². The third kappa shape index (κ3) is 3.38. The van der Waals surface area contributed by atoms with Gasteiger partial charge in [0, 0.05) is 12.7 Å². The van der Waals surface area contributed by atoms with Crippen molar-refractivity contribution in [2.45, 2.75) is 13.5 Å². The van der Waals surface area contributed by atoms with Gasteiger partial charge in [-0.1, -0.05) is 12.1 Å². The molecule has 0 bridgehead atoms. The average molecular weight is 341 g/mol. The number of esters is 1. The molecule has 5 nitrogen and oxygen atoms in total. The van der Waals surface area contributed by atoms with Gasteiger partial charge < -0.3 is 14.4 Å². The van der Waals surface area contributed by atoms with Gasteiger partial charge >= 0.3 is 5.97 Å². The SMILES string of the molecule is CCOC(=O)c1cn(Cc2ccc(F)cc2)c2ccc(O)cc2c1=O. The van der Waals surface area contributed by atoms with Gasteiger partial charge in [-0.15, -0.1) is 0 Å². The highest BCUT2D eigenvalue weighted by Gasteiger charge is 2.17. The fourth-order valence-electron chi connectivity index (χ4n) is 2.66. The first kappa shape index (κ1) is 16.7. The van der Waals surface area contributed by atoms with Crippen molar-refractivity contribution in [1.29, 1.82) is 0 Å². The number of fused-ring (bicyclic) bond motifs is 1. The van der Waals surface area contributed by atoms with Gasteiger partial charge in [0.1, 0.15) is 17.1 Å². The van der Waals surface area contributed by atoms with E-state index in [1.54, 1.807) is 29.7 Å². The summed E-state index contributed by atoms with van der Waals surface area (Å²) in [4.78, 5) is 24.7. The number of rotatable bonds is 4. The Morgan fingerprint density at radius 1 is 1.20 bits per heavy atom. The Kier molecular flexibility index (Phi) is 4.52. The zero-order valence-corrected chi connectivity index (χ0v) is 13.5. The number of benzene rings is 2. The second-order valence-electron chi connectivity index (χ2n) is 5.55. The number of pyridine rings is 1. The lowest BCUT2D eigenvalue weighted by molar-refractivity contribution is 0.0524. The van der Waals surface area contributed by atoms with E-state index in [0.717, 1.165) is 5.56 Å². The second kappa shape index (κ2) is 6.76. The van der Waals surface area contributed by atoms with Crippen LogP contribution in [0, 0.1) is 5.82 Å². The number of carbonyl (C=O) groups excluding carboxylic acids is 1. The van der Waals surface area contributed by atoms with Crippen molar-refractivity contribution in [3.8, 4) is 5.75 Å². The normalized spacial score (nSPS) is 10.8. The van der Waals surface area contributed by atoms with Gasteiger partial charge in [-0.05, 0) is 42.8 Å². The summed E-state index contributed by atoms with van der Waals surface area (Å²) in [5, 5.41) is 9.91. The number of nitrogens with zero attached hydrogens (tertiary/aromatic N) is 1. The summed E-state index contributed by atoms with van der Waals surface area (Å²) in [7, 11) is 0. The van der Waals surface area contributed by atoms with Crippen LogP contribution < -0.4 is 5.43 Å². The molecule has 0 unspecified atom stereocenters. The number of aromatic hydroxyl groups is 1. The maximum atomic E-state index is 13.1. The lowest BCUT2D eigenvalue weighted by Gasteiger charge is -2.13. The third-order valence-corrected chi connectivity index (χ3v) is 3.83. The van der Waals surface area contributed by atoms with Gasteiger partial charge in [0.05, 0.1) is 17.5 Å². The van der Waals surface area contributed by atoms with E-state index < -0.39 is 11.4 Å². The summed E-state index contributed by atoms with van der Waals surface area (Å²) in [6.07, 6.45) is 1.43. The molecule has 25 heavy (non-hydrogen) atoms. The Hall–Kier alpha value is -3.15. The van der Waals surface area contributed by atoms with Gasteiger partial charge in [0.2, 0.25) is 5.43 Å². The van der Waals surface area contributed by atoms with Crippen molar-refractivity contribution in [3.63, 3.8) is 0 Å². The molecule has 6 heteroatoms. The highest BCUT2D eigenvalue weighted by atomic mass is 19.1. The van der Waals surface area contributed by atoms with E-state index in [2.05, 4.69) is 0 Å². The predicted molar refractivity (Wildman–Crippen MR) is 91.3 cm³/mol. The molecule has 1 heterocycles. The standard InChI is InChI=1S/C19H16FNO4/c1-2-25-19(24)16-11-21(10-12-3-5-13(20)6-4-12)17-8-7-14(22)9-15(17)18(16)23/h3-9,11,22H,2,10H2,1H3. The molecule has 0 radical (unpaired) electrons. The fraction of sp³-hybridized carbons (Fsp3) is 0.158. The summed E-state index contributed by atoms with van der Waals surface area (Å²) in [6, 6.07) is 10.3. The first-order valence-corrected chi connectivity index (χ1v) is 7.77. The number of hydrogen-bond donors (Lipinski definition) is 1. The molecule has 3 aromatic rings. The molecule has 1 aromatic heterocycles. The van der Waals surface area contributed by atoms with Crippen LogP contribution in [0.1, 0.15) is 22.8 Å². The Balaban J connectivity index is 2.18. The number of hydrogen-bond acceptors (Lipinski definition) is 4. The predicted octanol–water partition coefficient (Wildman–Crippen LogP) is 3.07. The number of halogens is 1. The van der Waals surface area contributed by atoms with Crippen molar-refractivity contribution < 1.29 is 19.0 Å². The van der Waals surface area contributed by atoms with E-state index in [1.165, 1.54) is 30.5 Å². The van der Waals surface area contributed by atoms with Crippen molar-refractivity contribution in [3.05, 3.63) is 75.8 Å². The molecule has 2 aromatic carbocycles. The lowest BCUT2D eigenvalue weighted by atomic mass is 10.1. The molecule has 128 valence electrons. The van der Waals surface area contributed by atoms with E-state index >= 15 is 0 Å². The monoisotopic (exact) mass is 341 g/mol. The van der Waals surface area contributed by atoms with Crippen molar-refractivity contribution in [1.82, 2.24) is 4.57 Å². The molecule has 0 atom stereocenters. The third-order valence-electron chi connectivity index (χ3n) is 3.83. The molecule has 0 aliphatic rings. The largest absolute Gasteiger partial charge is 0.508 e. The van der Waals surface area contributed by atoms with Crippen molar-refractivity contribution >= 4 is 16.9 Å². The molecule has 3 rings (SSSR count). The molecule has 0 aliphatic heterocycles. The van der Waals surface area contributed by atoms with Gasteiger partial charge in [-0.3, -0.25) is 4.79 Å². The lowest BCUT2D eigenvalue weighted by Crippen LogP contribution is -2.21. The maximum Gasteiger partial charge on any atom is 0.343 e. The second-order valence-corrected chi connectivity index (χ2v) is 5.55. The summed E-state index contributed by atoms with van der Waals surface area (Å²) >= 11 is 0. The smallest absolute Gasteiger partial charge is 0.343 e. The molecule has 1 N–H and O–H groups in total. The number of phenolic OH excluding ortho intramolecular Hbond substituents is 1. The first-order chi connectivity index (χ1) is 12.0. The number of ether oxygens (including phenoxy) is 1. The quantitative estimate of drug-likeness (QED) is 0.741. The summed E-state index contributed by atoms with van der Waals surface area (Å²) in [5.74, 6) is -1.13. The Morgan fingerprint density at radius 3 is 2.60 bits per heavy atom. The molecule has 0 saturated carbocycles.